The lowest BCUT2D eigenvalue weighted by Crippen LogP contribution is -2.25. The van der Waals surface area contributed by atoms with Gasteiger partial charge in [-0.3, -0.25) is 0 Å². The molecule has 2 aromatic carbocycles. The fraction of sp³-hybridized carbons (Fsp3) is 0.300. The molecule has 0 N–H and O–H groups in total. The minimum atomic E-state index is 0.434. The highest BCUT2D eigenvalue weighted by Crippen LogP contribution is 2.40. The Labute approximate surface area is 140 Å². The maximum atomic E-state index is 4.61. The second kappa shape index (κ2) is 5.48. The number of benzene rings is 2. The van der Waals surface area contributed by atoms with E-state index in [-0.39, 0.29) is 0 Å². The SMILES string of the molecule is c1ccc2c(c1)ncn2[C@H]1CCCC[C@@H]1n1cnc2ccccc21. The molecular weight excluding hydrogens is 296 g/mol. The standard InChI is InChI=1S/C20H20N4/c1-3-9-17-15(7-1)21-13-23(17)19-11-5-6-12-20(19)24-14-22-16-8-2-4-10-18(16)24/h1-4,7-10,13-14,19-20H,5-6,11-12H2/t19-,20-/m0/s1. The summed E-state index contributed by atoms with van der Waals surface area (Å²) in [5.41, 5.74) is 4.63. The molecule has 4 aromatic rings. The van der Waals surface area contributed by atoms with Crippen molar-refractivity contribution in [2.45, 2.75) is 37.8 Å². The van der Waals surface area contributed by atoms with E-state index in [4.69, 9.17) is 0 Å². The predicted molar refractivity (Wildman–Crippen MR) is 96.0 cm³/mol. The Kier molecular flexibility index (Phi) is 3.15. The molecule has 0 radical (unpaired) electrons. The average Bonchev–Trinajstić information content (AvgIpc) is 3.26. The number of hydrogen-bond donors (Lipinski definition) is 0. The molecule has 0 amide bonds. The minimum absolute atomic E-state index is 0.434. The highest BCUT2D eigenvalue weighted by molar-refractivity contribution is 5.76. The first kappa shape index (κ1) is 13.8. The summed E-state index contributed by atoms with van der Waals surface area (Å²) in [7, 11) is 0. The average molecular weight is 316 g/mol. The summed E-state index contributed by atoms with van der Waals surface area (Å²) in [6, 6.07) is 17.7. The third-order valence-corrected chi connectivity index (χ3v) is 5.37. The van der Waals surface area contributed by atoms with Gasteiger partial charge in [-0.05, 0) is 37.1 Å². The number of nitrogens with zero attached hydrogens (tertiary/aromatic N) is 4. The minimum Gasteiger partial charge on any atom is -0.325 e. The van der Waals surface area contributed by atoms with Gasteiger partial charge in [0.2, 0.25) is 0 Å². The molecule has 1 aliphatic rings. The first-order valence-corrected chi connectivity index (χ1v) is 8.75. The van der Waals surface area contributed by atoms with Crippen molar-refractivity contribution in [2.24, 2.45) is 0 Å². The zero-order valence-electron chi connectivity index (χ0n) is 13.5. The van der Waals surface area contributed by atoms with Crippen LogP contribution in [-0.4, -0.2) is 19.1 Å². The van der Waals surface area contributed by atoms with E-state index in [1.807, 2.05) is 12.7 Å². The smallest absolute Gasteiger partial charge is 0.0961 e. The molecule has 2 aromatic heterocycles. The number of aromatic nitrogens is 4. The van der Waals surface area contributed by atoms with Gasteiger partial charge in [0.25, 0.3) is 0 Å². The lowest BCUT2D eigenvalue weighted by Gasteiger charge is -2.34. The van der Waals surface area contributed by atoms with Crippen molar-refractivity contribution in [3.63, 3.8) is 0 Å². The van der Waals surface area contributed by atoms with E-state index in [0.717, 1.165) is 11.0 Å². The summed E-state index contributed by atoms with van der Waals surface area (Å²) >= 11 is 0. The van der Waals surface area contributed by atoms with Gasteiger partial charge in [-0.25, -0.2) is 9.97 Å². The lowest BCUT2D eigenvalue weighted by atomic mass is 9.89. The molecule has 0 saturated heterocycles. The van der Waals surface area contributed by atoms with E-state index in [9.17, 15) is 0 Å². The van der Waals surface area contributed by atoms with Crippen LogP contribution >= 0.6 is 0 Å². The van der Waals surface area contributed by atoms with Crippen molar-refractivity contribution in [1.29, 1.82) is 0 Å². The van der Waals surface area contributed by atoms with Crippen LogP contribution in [0.25, 0.3) is 22.1 Å². The third kappa shape index (κ3) is 2.06. The molecule has 4 nitrogen and oxygen atoms in total. The van der Waals surface area contributed by atoms with E-state index < -0.39 is 0 Å². The molecule has 0 aliphatic heterocycles. The van der Waals surface area contributed by atoms with E-state index in [0.29, 0.717) is 12.1 Å². The van der Waals surface area contributed by atoms with Crippen LogP contribution in [0.15, 0.2) is 61.2 Å². The summed E-state index contributed by atoms with van der Waals surface area (Å²) in [6.07, 6.45) is 8.98. The van der Waals surface area contributed by atoms with Crippen molar-refractivity contribution >= 4 is 22.1 Å². The van der Waals surface area contributed by atoms with Crippen LogP contribution < -0.4 is 0 Å². The Hall–Kier alpha value is -2.62. The number of rotatable bonds is 2. The van der Waals surface area contributed by atoms with E-state index in [1.165, 1.54) is 36.7 Å². The molecule has 0 bridgehead atoms. The van der Waals surface area contributed by atoms with Crippen molar-refractivity contribution in [1.82, 2.24) is 19.1 Å². The van der Waals surface area contributed by atoms with Gasteiger partial charge in [-0.15, -0.1) is 0 Å². The van der Waals surface area contributed by atoms with Crippen molar-refractivity contribution in [2.75, 3.05) is 0 Å². The number of hydrogen-bond acceptors (Lipinski definition) is 2. The van der Waals surface area contributed by atoms with Crippen molar-refractivity contribution in [3.8, 4) is 0 Å². The normalized spacial score (nSPS) is 21.5. The van der Waals surface area contributed by atoms with Gasteiger partial charge >= 0.3 is 0 Å². The first-order valence-electron chi connectivity index (χ1n) is 8.75. The fourth-order valence-electron chi connectivity index (χ4n) is 4.23. The van der Waals surface area contributed by atoms with Crippen LogP contribution in [0.2, 0.25) is 0 Å². The second-order valence-corrected chi connectivity index (χ2v) is 6.70. The quantitative estimate of drug-likeness (QED) is 0.535. The summed E-state index contributed by atoms with van der Waals surface area (Å²) in [5.74, 6) is 0. The third-order valence-electron chi connectivity index (χ3n) is 5.37. The van der Waals surface area contributed by atoms with Crippen LogP contribution in [0.3, 0.4) is 0 Å². The molecule has 1 aliphatic carbocycles. The van der Waals surface area contributed by atoms with Gasteiger partial charge in [-0.1, -0.05) is 37.1 Å². The van der Waals surface area contributed by atoms with Crippen LogP contribution in [0.1, 0.15) is 37.8 Å². The zero-order chi connectivity index (χ0) is 15.9. The van der Waals surface area contributed by atoms with Gasteiger partial charge < -0.3 is 9.13 Å². The van der Waals surface area contributed by atoms with Gasteiger partial charge in [-0.2, -0.15) is 0 Å². The molecule has 5 rings (SSSR count). The molecule has 24 heavy (non-hydrogen) atoms. The number of imidazole rings is 2. The highest BCUT2D eigenvalue weighted by Gasteiger charge is 2.29. The molecular formula is C20H20N4. The Morgan fingerprint density at radius 2 is 1.12 bits per heavy atom. The zero-order valence-corrected chi connectivity index (χ0v) is 13.5. The van der Waals surface area contributed by atoms with Crippen LogP contribution in [0.4, 0.5) is 0 Å². The topological polar surface area (TPSA) is 35.6 Å². The highest BCUT2D eigenvalue weighted by atomic mass is 15.2. The molecule has 2 atom stereocenters. The molecule has 2 heterocycles. The first-order chi connectivity index (χ1) is 11.9. The van der Waals surface area contributed by atoms with E-state index in [1.54, 1.807) is 0 Å². The second-order valence-electron chi connectivity index (χ2n) is 6.70. The van der Waals surface area contributed by atoms with E-state index in [2.05, 4.69) is 67.6 Å². The molecule has 0 unspecified atom stereocenters. The largest absolute Gasteiger partial charge is 0.325 e. The predicted octanol–water partition coefficient (Wildman–Crippen LogP) is 4.74. The summed E-state index contributed by atoms with van der Waals surface area (Å²) in [4.78, 5) is 9.22. The number of fused-ring (bicyclic) bond motifs is 2. The van der Waals surface area contributed by atoms with Crippen LogP contribution in [0.5, 0.6) is 0 Å². The maximum absolute atomic E-state index is 4.61. The molecule has 4 heteroatoms. The number of para-hydroxylation sites is 4. The van der Waals surface area contributed by atoms with Crippen LogP contribution in [0, 0.1) is 0 Å². The van der Waals surface area contributed by atoms with Gasteiger partial charge in [0, 0.05) is 0 Å². The Morgan fingerprint density at radius 3 is 1.62 bits per heavy atom. The summed E-state index contributed by atoms with van der Waals surface area (Å²) < 4.78 is 4.77. The van der Waals surface area contributed by atoms with Crippen LogP contribution in [-0.2, 0) is 0 Å². The molecule has 1 saturated carbocycles. The van der Waals surface area contributed by atoms with E-state index >= 15 is 0 Å². The fourth-order valence-corrected chi connectivity index (χ4v) is 4.23. The monoisotopic (exact) mass is 316 g/mol. The van der Waals surface area contributed by atoms with Crippen molar-refractivity contribution in [3.05, 3.63) is 61.2 Å². The van der Waals surface area contributed by atoms with Gasteiger partial charge in [0.1, 0.15) is 0 Å². The summed E-state index contributed by atoms with van der Waals surface area (Å²) in [6.45, 7) is 0. The van der Waals surface area contributed by atoms with Gasteiger partial charge in [0.15, 0.2) is 0 Å². The maximum Gasteiger partial charge on any atom is 0.0961 e. The lowest BCUT2D eigenvalue weighted by molar-refractivity contribution is 0.249. The molecule has 1 fully saturated rings. The Balaban J connectivity index is 1.64. The Bertz CT molecular complexity index is 915. The summed E-state index contributed by atoms with van der Waals surface area (Å²) in [5, 5.41) is 0. The van der Waals surface area contributed by atoms with Gasteiger partial charge in [0.05, 0.1) is 46.8 Å². The molecule has 0 spiro atoms. The van der Waals surface area contributed by atoms with Crippen molar-refractivity contribution < 1.29 is 0 Å². The Morgan fingerprint density at radius 1 is 0.667 bits per heavy atom. The molecule has 120 valence electrons.